The molecular weight excluding hydrogens is 502 g/mol. The molecule has 1 heterocycles. The van der Waals surface area contributed by atoms with E-state index >= 15 is 0 Å². The monoisotopic (exact) mass is 523 g/mol. The predicted octanol–water partition coefficient (Wildman–Crippen LogP) is 5.01. The average molecular weight is 524 g/mol. The van der Waals surface area contributed by atoms with Crippen molar-refractivity contribution < 1.29 is 4.79 Å². The van der Waals surface area contributed by atoms with E-state index in [0.717, 1.165) is 23.7 Å². The molecule has 0 saturated heterocycles. The third-order valence-corrected chi connectivity index (χ3v) is 8.33. The number of carbonyl (C=O) groups is 1. The van der Waals surface area contributed by atoms with Crippen LogP contribution in [0.1, 0.15) is 30.4 Å². The van der Waals surface area contributed by atoms with Crippen molar-refractivity contribution in [3.8, 4) is 18.2 Å². The largest absolute Gasteiger partial charge is 0.399 e. The number of anilines is 1. The van der Waals surface area contributed by atoms with Crippen LogP contribution in [0.3, 0.4) is 0 Å². The fourth-order valence-corrected chi connectivity index (χ4v) is 6.57. The van der Waals surface area contributed by atoms with Crippen LogP contribution < -0.4 is 11.1 Å². The standard InChI is InChI=1S/C28H22BrN5O/c29-19-9-11-24-23(13-19)28(26(35)34-24)22-12-18(7-6-17-4-2-1-3-5-17)8-10-20(22)21(14-30)25(33)27(28,15-31)16-32/h1-5,9-11,13,18,22H,6-8,12,33H2,(H,34,35)/t18-,22+,28-/m1/s1. The quantitative estimate of drug-likeness (QED) is 0.584. The summed E-state index contributed by atoms with van der Waals surface area (Å²) in [6.07, 6.45) is 5.08. The maximum absolute atomic E-state index is 13.9. The maximum atomic E-state index is 13.9. The molecule has 3 aliphatic rings. The smallest absolute Gasteiger partial charge is 0.238 e. The summed E-state index contributed by atoms with van der Waals surface area (Å²) in [6, 6.07) is 22.0. The minimum absolute atomic E-state index is 0.141. The van der Waals surface area contributed by atoms with Gasteiger partial charge in [0.1, 0.15) is 11.5 Å². The van der Waals surface area contributed by atoms with E-state index in [0.29, 0.717) is 23.2 Å². The number of nitrogens with two attached hydrogens (primary N) is 1. The van der Waals surface area contributed by atoms with Crippen LogP contribution in [0.15, 0.2) is 75.9 Å². The number of hydrogen-bond acceptors (Lipinski definition) is 5. The fourth-order valence-electron chi connectivity index (χ4n) is 6.21. The molecule has 2 aromatic carbocycles. The lowest BCUT2D eigenvalue weighted by Crippen LogP contribution is -2.60. The molecule has 0 bridgehead atoms. The van der Waals surface area contributed by atoms with Gasteiger partial charge in [0.25, 0.3) is 0 Å². The topological polar surface area (TPSA) is 126 Å². The van der Waals surface area contributed by atoms with Gasteiger partial charge in [0, 0.05) is 16.1 Å². The Labute approximate surface area is 212 Å². The third-order valence-electron chi connectivity index (χ3n) is 7.84. The first-order valence-corrected chi connectivity index (χ1v) is 12.3. The van der Waals surface area contributed by atoms with E-state index < -0.39 is 22.7 Å². The van der Waals surface area contributed by atoms with Crippen molar-refractivity contribution in [3.05, 3.63) is 87.0 Å². The molecule has 35 heavy (non-hydrogen) atoms. The second-order valence-electron chi connectivity index (χ2n) is 9.40. The van der Waals surface area contributed by atoms with Crippen LogP contribution in [0, 0.1) is 51.2 Å². The fraction of sp³-hybridized carbons (Fsp3) is 0.286. The van der Waals surface area contributed by atoms with E-state index in [2.05, 4.69) is 51.6 Å². The molecule has 0 fully saturated rings. The highest BCUT2D eigenvalue weighted by atomic mass is 79.9. The van der Waals surface area contributed by atoms with Gasteiger partial charge in [0.05, 0.1) is 23.4 Å². The third kappa shape index (κ3) is 3.07. The summed E-state index contributed by atoms with van der Waals surface area (Å²) in [5.74, 6) is -0.735. The van der Waals surface area contributed by atoms with Crippen molar-refractivity contribution in [2.45, 2.75) is 31.1 Å². The van der Waals surface area contributed by atoms with Gasteiger partial charge < -0.3 is 11.1 Å². The van der Waals surface area contributed by atoms with Crippen molar-refractivity contribution in [2.24, 2.45) is 23.0 Å². The Kier molecular flexibility index (Phi) is 5.51. The second kappa shape index (κ2) is 8.42. The first kappa shape index (κ1) is 22.9. The van der Waals surface area contributed by atoms with Gasteiger partial charge in [-0.25, -0.2) is 0 Å². The number of hydrogen-bond donors (Lipinski definition) is 2. The molecule has 1 amide bonds. The molecule has 6 nitrogen and oxygen atoms in total. The molecule has 3 atom stereocenters. The Morgan fingerprint density at radius 1 is 1.11 bits per heavy atom. The molecule has 1 spiro atoms. The van der Waals surface area contributed by atoms with Crippen molar-refractivity contribution in [1.29, 1.82) is 15.8 Å². The van der Waals surface area contributed by atoms with Crippen LogP contribution >= 0.6 is 15.9 Å². The lowest BCUT2D eigenvalue weighted by Gasteiger charge is -2.50. The van der Waals surface area contributed by atoms with Crippen LogP contribution in [0.5, 0.6) is 0 Å². The van der Waals surface area contributed by atoms with Gasteiger partial charge in [-0.15, -0.1) is 0 Å². The summed E-state index contributed by atoms with van der Waals surface area (Å²) in [5.41, 5.74) is 5.93. The molecule has 2 aromatic rings. The number of nitrogens with one attached hydrogen (secondary N) is 1. The number of rotatable bonds is 3. The Hall–Kier alpha value is -3.86. The number of amides is 1. The summed E-state index contributed by atoms with van der Waals surface area (Å²) in [5, 5.41) is 33.9. The zero-order valence-corrected chi connectivity index (χ0v) is 20.5. The van der Waals surface area contributed by atoms with Crippen molar-refractivity contribution in [1.82, 2.24) is 0 Å². The van der Waals surface area contributed by atoms with Crippen LogP contribution in [0.25, 0.3) is 0 Å². The minimum Gasteiger partial charge on any atom is -0.399 e. The van der Waals surface area contributed by atoms with E-state index in [-0.39, 0.29) is 17.2 Å². The first-order chi connectivity index (χ1) is 16.9. The van der Waals surface area contributed by atoms with Gasteiger partial charge in [0.15, 0.2) is 0 Å². The highest BCUT2D eigenvalue weighted by Crippen LogP contribution is 2.64. The maximum Gasteiger partial charge on any atom is 0.238 e. The number of carbonyl (C=O) groups excluding carboxylic acids is 1. The number of halogens is 1. The van der Waals surface area contributed by atoms with Gasteiger partial charge in [-0.1, -0.05) is 52.3 Å². The summed E-state index contributed by atoms with van der Waals surface area (Å²) in [7, 11) is 0. The summed E-state index contributed by atoms with van der Waals surface area (Å²) < 4.78 is 0.729. The van der Waals surface area contributed by atoms with Crippen molar-refractivity contribution in [3.63, 3.8) is 0 Å². The number of fused-ring (bicyclic) bond motifs is 4. The molecular formula is C28H22BrN5O. The normalized spacial score (nSPS) is 26.0. The highest BCUT2D eigenvalue weighted by molar-refractivity contribution is 9.10. The van der Waals surface area contributed by atoms with Gasteiger partial charge in [-0.3, -0.25) is 4.79 Å². The molecule has 172 valence electrons. The van der Waals surface area contributed by atoms with Crippen LogP contribution in [0.4, 0.5) is 5.69 Å². The Morgan fingerprint density at radius 3 is 2.54 bits per heavy atom. The Bertz CT molecular complexity index is 1410. The molecule has 0 saturated carbocycles. The summed E-state index contributed by atoms with van der Waals surface area (Å²) in [6.45, 7) is 0. The number of nitriles is 3. The van der Waals surface area contributed by atoms with Gasteiger partial charge in [-0.2, -0.15) is 15.8 Å². The van der Waals surface area contributed by atoms with E-state index in [1.807, 2.05) is 30.3 Å². The number of benzene rings is 2. The highest BCUT2D eigenvalue weighted by Gasteiger charge is 2.71. The number of allylic oxidation sites excluding steroid dienone is 4. The molecule has 0 unspecified atom stereocenters. The Balaban J connectivity index is 1.70. The lowest BCUT2D eigenvalue weighted by atomic mass is 9.46. The molecule has 1 aliphatic heterocycles. The molecule has 0 aromatic heterocycles. The molecule has 0 radical (unpaired) electrons. The van der Waals surface area contributed by atoms with Crippen LogP contribution in [0.2, 0.25) is 0 Å². The van der Waals surface area contributed by atoms with Crippen LogP contribution in [-0.4, -0.2) is 5.91 Å². The zero-order valence-electron chi connectivity index (χ0n) is 18.9. The van der Waals surface area contributed by atoms with Crippen molar-refractivity contribution in [2.75, 3.05) is 5.32 Å². The van der Waals surface area contributed by atoms with Gasteiger partial charge in [-0.05, 0) is 66.5 Å². The predicted molar refractivity (Wildman–Crippen MR) is 134 cm³/mol. The first-order valence-electron chi connectivity index (χ1n) is 11.5. The van der Waals surface area contributed by atoms with E-state index in [4.69, 9.17) is 5.73 Å². The van der Waals surface area contributed by atoms with Gasteiger partial charge in [0.2, 0.25) is 11.3 Å². The summed E-state index contributed by atoms with van der Waals surface area (Å²) in [4.78, 5) is 13.9. The molecule has 2 aliphatic carbocycles. The zero-order chi connectivity index (χ0) is 24.8. The summed E-state index contributed by atoms with van der Waals surface area (Å²) >= 11 is 3.49. The SMILES string of the molecule is N#CC1=C(N)C(C#N)(C#N)[C@]2(C(=O)Nc3ccc(Br)cc32)[C@H]2C[C@H](CCc3ccccc3)CC=C12. The second-order valence-corrected chi connectivity index (χ2v) is 10.3. The average Bonchev–Trinajstić information content (AvgIpc) is 3.17. The Morgan fingerprint density at radius 2 is 1.86 bits per heavy atom. The number of aryl methyl sites for hydroxylation is 1. The van der Waals surface area contributed by atoms with Crippen LogP contribution in [-0.2, 0) is 16.6 Å². The number of nitrogens with zero attached hydrogens (tertiary/aromatic N) is 3. The van der Waals surface area contributed by atoms with Crippen molar-refractivity contribution >= 4 is 27.5 Å². The van der Waals surface area contributed by atoms with E-state index in [1.54, 1.807) is 12.1 Å². The molecule has 7 heteroatoms. The van der Waals surface area contributed by atoms with E-state index in [1.165, 1.54) is 5.56 Å². The molecule has 3 N–H and O–H groups in total. The minimum atomic E-state index is -2.02. The van der Waals surface area contributed by atoms with E-state index in [9.17, 15) is 20.6 Å². The molecule has 5 rings (SSSR count). The van der Waals surface area contributed by atoms with Gasteiger partial charge >= 0.3 is 0 Å². The lowest BCUT2D eigenvalue weighted by molar-refractivity contribution is -0.125.